The summed E-state index contributed by atoms with van der Waals surface area (Å²) in [6.07, 6.45) is 3.99. The molecule has 11 amide bonds. The SMILES string of the molecule is CC[C@H](C)CCCCCCCCCC[C@@H](O)CC(=O)N[C@@H](CCC(=O)O)C(=O)N[C@H](CCCN)C(=O)N[C@H]1Cc2ccc(cc2)OC(=O)[C@H]([C@@H](C)CC)NC(=O)[C@@H](Cc2ccc(O)cc2)NC(=O)[C@H](CCC(N)=O)NC(=O)[C@@H]2CCCN2C(=O)[C@@H](C(C)C)NC(=O)[C@H](CCC(=O)O)NC(=O)[C@@H]([C@@H](C)O)NC1=O. The van der Waals surface area contributed by atoms with Crippen molar-refractivity contribution in [2.45, 2.75) is 282 Å². The van der Waals surface area contributed by atoms with Gasteiger partial charge in [-0.25, -0.2) is 4.79 Å². The molecular weight excluding hydrogens is 1390 g/mol. The maximum atomic E-state index is 14.9. The summed E-state index contributed by atoms with van der Waals surface area (Å²) < 4.78 is 5.84. The number of unbranched alkanes of at least 4 members (excludes halogenated alkanes) is 7. The highest BCUT2D eigenvalue weighted by Crippen LogP contribution is 2.24. The molecule has 2 bridgehead atoms. The topological polar surface area (TPSA) is 513 Å². The molecule has 2 aromatic carbocycles. The van der Waals surface area contributed by atoms with Gasteiger partial charge in [-0.05, 0) is 118 Å². The van der Waals surface area contributed by atoms with E-state index in [2.05, 4.69) is 61.7 Å². The quantitative estimate of drug-likeness (QED) is 0.0199. The van der Waals surface area contributed by atoms with E-state index in [4.69, 9.17) is 16.2 Å². The minimum absolute atomic E-state index is 0.0236. The molecule has 2 aromatic rings. The number of fused-ring (bicyclic) bond motifs is 23. The van der Waals surface area contributed by atoms with Crippen LogP contribution >= 0.6 is 0 Å². The van der Waals surface area contributed by atoms with Crippen LogP contribution in [0.15, 0.2) is 48.5 Å². The summed E-state index contributed by atoms with van der Waals surface area (Å²) in [5, 5.41) is 74.6. The van der Waals surface area contributed by atoms with Gasteiger partial charge in [0.25, 0.3) is 0 Å². The van der Waals surface area contributed by atoms with Crippen LogP contribution in [-0.4, -0.2) is 199 Å². The lowest BCUT2D eigenvalue weighted by atomic mass is 9.97. The van der Waals surface area contributed by atoms with Crippen molar-refractivity contribution in [1.82, 2.24) is 52.8 Å². The third-order valence-corrected chi connectivity index (χ3v) is 19.4. The van der Waals surface area contributed by atoms with Crippen LogP contribution in [0, 0.1) is 17.8 Å². The summed E-state index contributed by atoms with van der Waals surface area (Å²) in [4.78, 5) is 196. The molecule has 32 heteroatoms. The van der Waals surface area contributed by atoms with Gasteiger partial charge in [-0.15, -0.1) is 0 Å². The van der Waals surface area contributed by atoms with Crippen LogP contribution in [0.4, 0.5) is 0 Å². The Labute approximate surface area is 625 Å². The molecular formula is C75H116N12O20. The van der Waals surface area contributed by atoms with Crippen LogP contribution in [0.25, 0.3) is 0 Å². The van der Waals surface area contributed by atoms with Crippen LogP contribution < -0.4 is 64.1 Å². The van der Waals surface area contributed by atoms with E-state index in [-0.39, 0.29) is 62.3 Å². The van der Waals surface area contributed by atoms with Crippen LogP contribution in [0.3, 0.4) is 0 Å². The molecule has 3 aliphatic heterocycles. The number of carbonyl (C=O) groups excluding carboxylic acids is 12. The molecule has 0 saturated carbocycles. The molecule has 3 aliphatic rings. The number of nitrogens with two attached hydrogens (primary N) is 2. The lowest BCUT2D eigenvalue weighted by Gasteiger charge is -2.32. The number of carboxylic acid groups (broad SMARTS) is 2. The smallest absolute Gasteiger partial charge is 0.334 e. The largest absolute Gasteiger partial charge is 0.508 e. The highest BCUT2D eigenvalue weighted by Gasteiger charge is 2.43. The van der Waals surface area contributed by atoms with Crippen LogP contribution in [-0.2, 0) is 80.0 Å². The average Bonchev–Trinajstić information content (AvgIpc) is 1.76. The predicted octanol–water partition coefficient (Wildman–Crippen LogP) is 1.97. The zero-order chi connectivity index (χ0) is 79.4. The van der Waals surface area contributed by atoms with Crippen LogP contribution in [0.2, 0.25) is 0 Å². The van der Waals surface area contributed by atoms with Crippen molar-refractivity contribution in [3.05, 3.63) is 59.7 Å². The molecule has 0 radical (unpaired) electrons. The number of hydrogen-bond donors (Lipinski definition) is 16. The molecule has 107 heavy (non-hydrogen) atoms. The normalized spacial score (nSPS) is 22.0. The van der Waals surface area contributed by atoms with Gasteiger partial charge in [0.05, 0.1) is 18.6 Å². The number of aliphatic hydroxyl groups is 2. The molecule has 18 N–H and O–H groups in total. The van der Waals surface area contributed by atoms with E-state index in [0.717, 1.165) is 49.8 Å². The number of phenols is 1. The van der Waals surface area contributed by atoms with Gasteiger partial charge in [0.15, 0.2) is 0 Å². The first-order valence-electron chi connectivity index (χ1n) is 37.6. The van der Waals surface area contributed by atoms with Gasteiger partial charge in [-0.3, -0.25) is 62.3 Å². The van der Waals surface area contributed by atoms with Gasteiger partial charge in [0.1, 0.15) is 71.9 Å². The predicted molar refractivity (Wildman–Crippen MR) is 392 cm³/mol. The molecule has 1 fully saturated rings. The first-order valence-corrected chi connectivity index (χ1v) is 37.6. The number of carboxylic acids is 2. The van der Waals surface area contributed by atoms with Crippen molar-refractivity contribution in [2.24, 2.45) is 29.2 Å². The number of carbonyl (C=O) groups is 14. The summed E-state index contributed by atoms with van der Waals surface area (Å²) in [6.45, 7) is 12.0. The van der Waals surface area contributed by atoms with Gasteiger partial charge in [-0.1, -0.05) is 136 Å². The number of ether oxygens (including phenoxy) is 1. The van der Waals surface area contributed by atoms with Crippen LogP contribution in [0.5, 0.6) is 11.5 Å². The third kappa shape index (κ3) is 32.0. The number of esters is 1. The lowest BCUT2D eigenvalue weighted by Crippen LogP contribution is -2.62. The number of aromatic hydroxyl groups is 1. The van der Waals surface area contributed by atoms with Gasteiger partial charge in [-0.2, -0.15) is 0 Å². The third-order valence-electron chi connectivity index (χ3n) is 19.4. The minimum Gasteiger partial charge on any atom is -0.508 e. The number of nitrogens with zero attached hydrogens (tertiary/aromatic N) is 1. The number of benzene rings is 2. The Morgan fingerprint density at radius 2 is 1.14 bits per heavy atom. The van der Waals surface area contributed by atoms with Crippen molar-refractivity contribution < 1.29 is 97.4 Å². The number of hydrogen-bond acceptors (Lipinski definition) is 19. The zero-order valence-electron chi connectivity index (χ0n) is 62.8. The van der Waals surface area contributed by atoms with Crippen molar-refractivity contribution in [2.75, 3.05) is 13.1 Å². The summed E-state index contributed by atoms with van der Waals surface area (Å²) in [5.41, 5.74) is 12.1. The zero-order valence-corrected chi connectivity index (χ0v) is 62.8. The Bertz CT molecular complexity index is 3280. The molecule has 3 heterocycles. The Morgan fingerprint density at radius 1 is 0.589 bits per heavy atom. The van der Waals surface area contributed by atoms with E-state index in [1.54, 1.807) is 27.7 Å². The van der Waals surface area contributed by atoms with Crippen molar-refractivity contribution in [3.8, 4) is 11.5 Å². The van der Waals surface area contributed by atoms with E-state index >= 15 is 0 Å². The molecule has 0 unspecified atom stereocenters. The molecule has 1 saturated heterocycles. The van der Waals surface area contributed by atoms with E-state index < -0.39 is 219 Å². The second-order valence-corrected chi connectivity index (χ2v) is 28.7. The fourth-order valence-electron chi connectivity index (χ4n) is 12.5. The minimum atomic E-state index is -1.99. The molecule has 0 spiro atoms. The monoisotopic (exact) mass is 1500 g/mol. The maximum absolute atomic E-state index is 14.9. The molecule has 0 aliphatic carbocycles. The molecule has 5 rings (SSSR count). The second-order valence-electron chi connectivity index (χ2n) is 28.7. The average molecular weight is 1510 g/mol. The summed E-state index contributed by atoms with van der Waals surface area (Å²) in [7, 11) is 0. The summed E-state index contributed by atoms with van der Waals surface area (Å²) >= 11 is 0. The first-order chi connectivity index (χ1) is 50.7. The van der Waals surface area contributed by atoms with Crippen molar-refractivity contribution in [1.29, 1.82) is 0 Å². The second kappa shape index (κ2) is 46.7. The Hall–Kier alpha value is -9.30. The number of amides is 11. The van der Waals surface area contributed by atoms with Gasteiger partial charge >= 0.3 is 17.9 Å². The van der Waals surface area contributed by atoms with Crippen LogP contribution in [0.1, 0.15) is 207 Å². The standard InChI is InChI=1S/C75H116N12O20/c1-8-44(5)20-16-14-12-10-11-13-15-17-21-50(90)42-60(92)78-53(33-36-61(93)94)67(98)79-52(22-18-38-76)66(97)82-57-41-48-26-30-51(31-27-48)107-75(106)64(45(6)9-2)85-70(101)56(40-47-24-28-49(89)29-25-47)83-68(99)54(32-35-59(77)91)80-72(103)58-23-19-39-87(58)74(105)63(43(3)4)84-69(100)55(34-37-62(95)96)81-73(104)65(46(7)88)86-71(57)102/h24-31,43-46,50,52-58,63-65,88-90H,8-23,32-42,76H2,1-7H3,(H2,77,91)(H,78,92)(H,79,98)(H,80,103)(H,81,104)(H,82,97)(H,83,99)(H,84,100)(H,85,101)(H,86,102)(H,93,94)(H,95,96)/t44-,45-,46+,50+,52+,53-,54-,55-,56+,57-,58-,63+,64-,65+/m0/s1. The molecule has 14 atom stereocenters. The lowest BCUT2D eigenvalue weighted by molar-refractivity contribution is -0.144. The molecule has 0 aromatic heterocycles. The summed E-state index contributed by atoms with van der Waals surface area (Å²) in [5.74, 6) is -15.4. The number of aliphatic carboxylic acids is 2. The van der Waals surface area contributed by atoms with E-state index in [9.17, 15) is 92.7 Å². The van der Waals surface area contributed by atoms with E-state index in [1.165, 1.54) is 74.2 Å². The highest BCUT2D eigenvalue weighted by molar-refractivity contribution is 6.00. The Morgan fingerprint density at radius 3 is 1.72 bits per heavy atom. The number of aliphatic hydroxyl groups excluding tert-OH is 2. The van der Waals surface area contributed by atoms with Gasteiger partial charge < -0.3 is 94.5 Å². The number of rotatable bonds is 37. The number of primary amides is 1. The Balaban J connectivity index is 1.77. The maximum Gasteiger partial charge on any atom is 0.334 e. The fraction of sp³-hybridized carbons (Fsp3) is 0.653. The van der Waals surface area contributed by atoms with Gasteiger partial charge in [0.2, 0.25) is 65.0 Å². The van der Waals surface area contributed by atoms with Crippen molar-refractivity contribution in [3.63, 3.8) is 0 Å². The van der Waals surface area contributed by atoms with E-state index in [0.29, 0.717) is 24.8 Å². The van der Waals surface area contributed by atoms with Gasteiger partial charge in [0, 0.05) is 38.6 Å². The molecule has 32 nitrogen and oxygen atoms in total. The Kier molecular flexibility index (Phi) is 39.3. The molecule has 596 valence electrons. The summed E-state index contributed by atoms with van der Waals surface area (Å²) in [6, 6.07) is -4.88. The first kappa shape index (κ1) is 90.1. The number of nitrogens with one attached hydrogen (secondary N) is 9. The number of phenolic OH excluding ortho intramolecular Hbond substituents is 1. The van der Waals surface area contributed by atoms with Crippen molar-refractivity contribution >= 4 is 82.9 Å². The fourth-order valence-corrected chi connectivity index (χ4v) is 12.5. The van der Waals surface area contributed by atoms with E-state index in [1.807, 2.05) is 0 Å². The highest BCUT2D eigenvalue weighted by atomic mass is 16.5.